The first-order valence-corrected chi connectivity index (χ1v) is 10.2. The molecule has 0 aliphatic heterocycles. The number of amides is 1. The topological polar surface area (TPSA) is 98.5 Å². The number of anilines is 1. The minimum absolute atomic E-state index is 0.0246. The number of aromatic nitrogens is 2. The average Bonchev–Trinajstić information content (AvgIpc) is 3.20. The number of nitro benzene ring substituents is 1. The van der Waals surface area contributed by atoms with E-state index in [1.807, 2.05) is 12.1 Å². The molecule has 10 heteroatoms. The molecule has 4 aromatic rings. The molecule has 0 saturated carbocycles. The van der Waals surface area contributed by atoms with Crippen molar-refractivity contribution in [1.82, 2.24) is 9.97 Å². The van der Waals surface area contributed by atoms with Crippen molar-refractivity contribution in [3.8, 4) is 5.75 Å². The number of pyridine rings is 1. The van der Waals surface area contributed by atoms with Gasteiger partial charge in [-0.3, -0.25) is 24.8 Å². The Bertz CT molecular complexity index is 1280. The highest BCUT2D eigenvalue weighted by Gasteiger charge is 2.25. The van der Waals surface area contributed by atoms with E-state index in [-0.39, 0.29) is 22.8 Å². The maximum absolute atomic E-state index is 13.5. The molecule has 1 amide bonds. The molecule has 0 saturated heterocycles. The number of thiazole rings is 1. The molecule has 0 atom stereocenters. The summed E-state index contributed by atoms with van der Waals surface area (Å²) in [5, 5.41) is 11.8. The van der Waals surface area contributed by atoms with Gasteiger partial charge in [-0.1, -0.05) is 29.0 Å². The van der Waals surface area contributed by atoms with Crippen LogP contribution in [-0.4, -0.2) is 27.9 Å². The molecule has 4 rings (SSSR count). The van der Waals surface area contributed by atoms with Crippen LogP contribution in [0.2, 0.25) is 5.02 Å². The van der Waals surface area contributed by atoms with Gasteiger partial charge < -0.3 is 4.74 Å². The summed E-state index contributed by atoms with van der Waals surface area (Å²) in [7, 11) is 1.58. The molecule has 0 aliphatic carbocycles. The fourth-order valence-corrected chi connectivity index (χ4v) is 4.16. The summed E-state index contributed by atoms with van der Waals surface area (Å²) in [4.78, 5) is 34.3. The maximum atomic E-state index is 13.5. The van der Waals surface area contributed by atoms with Crippen LogP contribution >= 0.6 is 22.9 Å². The number of hydrogen-bond donors (Lipinski definition) is 0. The smallest absolute Gasteiger partial charge is 0.270 e. The lowest BCUT2D eigenvalue weighted by Gasteiger charge is -2.20. The Morgan fingerprint density at radius 1 is 1.26 bits per heavy atom. The Kier molecular flexibility index (Phi) is 5.79. The quantitative estimate of drug-likeness (QED) is 0.296. The zero-order valence-corrected chi connectivity index (χ0v) is 17.8. The Balaban J connectivity index is 1.80. The van der Waals surface area contributed by atoms with E-state index < -0.39 is 10.8 Å². The number of benzene rings is 2. The predicted octanol–water partition coefficient (Wildman–Crippen LogP) is 5.11. The molecule has 0 spiro atoms. The van der Waals surface area contributed by atoms with Gasteiger partial charge in [0.15, 0.2) is 5.13 Å². The van der Waals surface area contributed by atoms with Crippen molar-refractivity contribution in [3.05, 3.63) is 87.2 Å². The molecule has 2 aromatic carbocycles. The van der Waals surface area contributed by atoms with E-state index in [4.69, 9.17) is 16.3 Å². The molecule has 2 aromatic heterocycles. The van der Waals surface area contributed by atoms with E-state index in [1.54, 1.807) is 37.7 Å². The fourth-order valence-electron chi connectivity index (χ4n) is 2.97. The Hall–Kier alpha value is -3.56. The lowest BCUT2D eigenvalue weighted by molar-refractivity contribution is -0.384. The van der Waals surface area contributed by atoms with Gasteiger partial charge in [0.2, 0.25) is 0 Å². The predicted molar refractivity (Wildman–Crippen MR) is 119 cm³/mol. The number of methoxy groups -OCH3 is 1. The highest BCUT2D eigenvalue weighted by molar-refractivity contribution is 7.22. The van der Waals surface area contributed by atoms with E-state index in [9.17, 15) is 14.9 Å². The number of ether oxygens (including phenoxy) is 1. The van der Waals surface area contributed by atoms with Crippen molar-refractivity contribution in [1.29, 1.82) is 0 Å². The van der Waals surface area contributed by atoms with Crippen molar-refractivity contribution < 1.29 is 14.5 Å². The molecule has 0 bridgehead atoms. The van der Waals surface area contributed by atoms with E-state index in [2.05, 4.69) is 9.97 Å². The average molecular weight is 455 g/mol. The first-order chi connectivity index (χ1) is 15.0. The SMILES string of the molecule is COc1ccc2nc(N(Cc3cccnc3)C(=O)c3cc([N+](=O)[O-])ccc3Cl)sc2c1. The second-order valence-corrected chi connectivity index (χ2v) is 7.92. The lowest BCUT2D eigenvalue weighted by atomic mass is 10.1. The van der Waals surface area contributed by atoms with Crippen molar-refractivity contribution in [3.63, 3.8) is 0 Å². The molecule has 0 unspecified atom stereocenters. The third-order valence-electron chi connectivity index (χ3n) is 4.52. The molecule has 0 aliphatic rings. The highest BCUT2D eigenvalue weighted by atomic mass is 35.5. The van der Waals surface area contributed by atoms with Crippen LogP contribution in [0.4, 0.5) is 10.8 Å². The Morgan fingerprint density at radius 3 is 2.81 bits per heavy atom. The van der Waals surface area contributed by atoms with Crippen LogP contribution in [0, 0.1) is 10.1 Å². The standard InChI is InChI=1S/C21H15ClN4O4S/c1-30-15-5-7-18-19(10-15)31-21(24-18)25(12-13-3-2-8-23-11-13)20(27)16-9-14(26(28)29)4-6-17(16)22/h2-11H,12H2,1H3. The van der Waals surface area contributed by atoms with E-state index >= 15 is 0 Å². The molecule has 8 nitrogen and oxygen atoms in total. The summed E-state index contributed by atoms with van der Waals surface area (Å²) >= 11 is 7.54. The van der Waals surface area contributed by atoms with E-state index in [1.165, 1.54) is 34.4 Å². The van der Waals surface area contributed by atoms with Crippen molar-refractivity contribution >= 4 is 49.9 Å². The molecular formula is C21H15ClN4O4S. The van der Waals surface area contributed by atoms with Gasteiger partial charge in [-0.2, -0.15) is 0 Å². The van der Waals surface area contributed by atoms with Crippen LogP contribution in [0.1, 0.15) is 15.9 Å². The summed E-state index contributed by atoms with van der Waals surface area (Å²) in [6, 6.07) is 12.8. The van der Waals surface area contributed by atoms with Crippen LogP contribution in [0.3, 0.4) is 0 Å². The van der Waals surface area contributed by atoms with Crippen LogP contribution in [-0.2, 0) is 6.54 Å². The molecule has 2 heterocycles. The zero-order chi connectivity index (χ0) is 22.0. The second-order valence-electron chi connectivity index (χ2n) is 6.50. The van der Waals surface area contributed by atoms with E-state index in [0.29, 0.717) is 16.4 Å². The third-order valence-corrected chi connectivity index (χ3v) is 5.89. The van der Waals surface area contributed by atoms with Crippen LogP contribution < -0.4 is 9.64 Å². The van der Waals surface area contributed by atoms with Crippen molar-refractivity contribution in [2.24, 2.45) is 0 Å². The van der Waals surface area contributed by atoms with Crippen LogP contribution in [0.15, 0.2) is 60.9 Å². The number of carbonyl (C=O) groups is 1. The van der Waals surface area contributed by atoms with Crippen LogP contribution in [0.5, 0.6) is 5.75 Å². The number of halogens is 1. The first-order valence-electron chi connectivity index (χ1n) is 9.05. The summed E-state index contributed by atoms with van der Waals surface area (Å²) in [6.45, 7) is 0.169. The molecule has 31 heavy (non-hydrogen) atoms. The zero-order valence-electron chi connectivity index (χ0n) is 16.2. The van der Waals surface area contributed by atoms with E-state index in [0.717, 1.165) is 10.3 Å². The first kappa shape index (κ1) is 20.7. The number of non-ortho nitro benzene ring substituents is 1. The maximum Gasteiger partial charge on any atom is 0.270 e. The molecule has 0 radical (unpaired) electrons. The highest BCUT2D eigenvalue weighted by Crippen LogP contribution is 2.34. The van der Waals surface area contributed by atoms with Gasteiger partial charge in [0.25, 0.3) is 11.6 Å². The number of nitrogens with zero attached hydrogens (tertiary/aromatic N) is 4. The van der Waals surface area contributed by atoms with Gasteiger partial charge in [-0.25, -0.2) is 4.98 Å². The number of nitro groups is 1. The summed E-state index contributed by atoms with van der Waals surface area (Å²) < 4.78 is 6.10. The summed E-state index contributed by atoms with van der Waals surface area (Å²) in [5.41, 5.74) is 1.28. The molecular weight excluding hydrogens is 440 g/mol. The minimum atomic E-state index is -0.567. The van der Waals surface area contributed by atoms with Crippen LogP contribution in [0.25, 0.3) is 10.2 Å². The largest absolute Gasteiger partial charge is 0.497 e. The van der Waals surface area contributed by atoms with Gasteiger partial charge in [-0.05, 0) is 35.9 Å². The summed E-state index contributed by atoms with van der Waals surface area (Å²) in [6.07, 6.45) is 3.28. The summed E-state index contributed by atoms with van der Waals surface area (Å²) in [5.74, 6) is 0.179. The van der Waals surface area contributed by atoms with Gasteiger partial charge in [0, 0.05) is 24.5 Å². The fraction of sp³-hybridized carbons (Fsp3) is 0.0952. The number of fused-ring (bicyclic) bond motifs is 1. The van der Waals surface area contributed by atoms with Gasteiger partial charge in [0.05, 0.1) is 39.4 Å². The van der Waals surface area contributed by atoms with Crippen molar-refractivity contribution in [2.45, 2.75) is 6.54 Å². The van der Waals surface area contributed by atoms with Crippen molar-refractivity contribution in [2.75, 3.05) is 12.0 Å². The molecule has 0 fully saturated rings. The number of hydrogen-bond acceptors (Lipinski definition) is 7. The second kappa shape index (κ2) is 8.66. The van der Waals surface area contributed by atoms with Gasteiger partial charge in [-0.15, -0.1) is 0 Å². The van der Waals surface area contributed by atoms with Gasteiger partial charge in [0.1, 0.15) is 5.75 Å². The monoisotopic (exact) mass is 454 g/mol. The minimum Gasteiger partial charge on any atom is -0.497 e. The number of carbonyl (C=O) groups excluding carboxylic acids is 1. The number of rotatable bonds is 6. The molecule has 156 valence electrons. The Morgan fingerprint density at radius 2 is 2.10 bits per heavy atom. The normalized spacial score (nSPS) is 10.8. The third kappa shape index (κ3) is 4.32. The molecule has 0 N–H and O–H groups in total. The Labute approximate surface area is 185 Å². The van der Waals surface area contributed by atoms with Gasteiger partial charge >= 0.3 is 0 Å². The lowest BCUT2D eigenvalue weighted by Crippen LogP contribution is -2.30.